The maximum atomic E-state index is 11.9. The number of carbonyl (C=O) groups excluding carboxylic acids is 1. The fourth-order valence-electron chi connectivity index (χ4n) is 4.56. The number of amides is 1. The minimum atomic E-state index is -0.0495. The molecule has 0 spiro atoms. The van der Waals surface area contributed by atoms with Gasteiger partial charge in [-0.2, -0.15) is 0 Å². The lowest BCUT2D eigenvalue weighted by molar-refractivity contribution is 0.0963. The van der Waals surface area contributed by atoms with Gasteiger partial charge < -0.3 is 10.6 Å². The van der Waals surface area contributed by atoms with Crippen LogP contribution in [0.2, 0.25) is 0 Å². The SMILES string of the molecule is CNC(=O)c1cccc(-c2ccc(CNC3CCC(C(C)(C)C)CC3)cc2C)c1. The van der Waals surface area contributed by atoms with Crippen molar-refractivity contribution in [3.8, 4) is 11.1 Å². The fourth-order valence-corrected chi connectivity index (χ4v) is 4.56. The summed E-state index contributed by atoms with van der Waals surface area (Å²) in [6.45, 7) is 10.2. The van der Waals surface area contributed by atoms with Crippen LogP contribution in [0, 0.1) is 18.3 Å². The van der Waals surface area contributed by atoms with Crippen molar-refractivity contribution in [2.45, 2.75) is 66.0 Å². The lowest BCUT2D eigenvalue weighted by Gasteiger charge is -2.37. The molecule has 0 bridgehead atoms. The Kier molecular flexibility index (Phi) is 6.79. The molecule has 0 aromatic heterocycles. The molecule has 3 rings (SSSR count). The highest BCUT2D eigenvalue weighted by atomic mass is 16.1. The highest BCUT2D eigenvalue weighted by Crippen LogP contribution is 2.37. The minimum Gasteiger partial charge on any atom is -0.355 e. The van der Waals surface area contributed by atoms with Crippen molar-refractivity contribution in [3.05, 3.63) is 59.2 Å². The Morgan fingerprint density at radius 2 is 1.76 bits per heavy atom. The first-order chi connectivity index (χ1) is 13.8. The number of carbonyl (C=O) groups is 1. The molecule has 156 valence electrons. The lowest BCUT2D eigenvalue weighted by atomic mass is 9.71. The van der Waals surface area contributed by atoms with Crippen LogP contribution in [0.25, 0.3) is 11.1 Å². The molecule has 3 heteroatoms. The van der Waals surface area contributed by atoms with Gasteiger partial charge in [-0.25, -0.2) is 0 Å². The second-order valence-electron chi connectivity index (χ2n) is 9.60. The second-order valence-corrected chi connectivity index (χ2v) is 9.60. The maximum absolute atomic E-state index is 11.9. The first kappa shape index (κ1) is 21.6. The normalized spacial score (nSPS) is 19.8. The molecule has 1 saturated carbocycles. The summed E-state index contributed by atoms with van der Waals surface area (Å²) in [6.07, 6.45) is 5.23. The Bertz CT molecular complexity index is 842. The van der Waals surface area contributed by atoms with E-state index in [1.807, 2.05) is 18.2 Å². The van der Waals surface area contributed by atoms with Crippen LogP contribution in [0.4, 0.5) is 0 Å². The first-order valence-corrected chi connectivity index (χ1v) is 10.9. The molecule has 2 aromatic rings. The lowest BCUT2D eigenvalue weighted by Crippen LogP contribution is -2.35. The molecule has 3 nitrogen and oxygen atoms in total. The van der Waals surface area contributed by atoms with E-state index in [1.165, 1.54) is 42.4 Å². The first-order valence-electron chi connectivity index (χ1n) is 10.9. The molecular formula is C26H36N2O. The van der Waals surface area contributed by atoms with Gasteiger partial charge in [-0.3, -0.25) is 4.79 Å². The molecule has 1 aliphatic carbocycles. The van der Waals surface area contributed by atoms with E-state index in [0.29, 0.717) is 17.0 Å². The molecular weight excluding hydrogens is 356 g/mol. The van der Waals surface area contributed by atoms with Crippen molar-refractivity contribution in [2.75, 3.05) is 7.05 Å². The van der Waals surface area contributed by atoms with E-state index < -0.39 is 0 Å². The van der Waals surface area contributed by atoms with Gasteiger partial charge in [-0.05, 0) is 78.3 Å². The van der Waals surface area contributed by atoms with E-state index in [9.17, 15) is 4.79 Å². The van der Waals surface area contributed by atoms with Gasteiger partial charge in [0.2, 0.25) is 0 Å². The maximum Gasteiger partial charge on any atom is 0.251 e. The summed E-state index contributed by atoms with van der Waals surface area (Å²) in [5.74, 6) is 0.805. The minimum absolute atomic E-state index is 0.0495. The highest BCUT2D eigenvalue weighted by Gasteiger charge is 2.29. The Labute approximate surface area is 176 Å². The molecule has 0 aliphatic heterocycles. The third-order valence-electron chi connectivity index (χ3n) is 6.50. The number of aryl methyl sites for hydroxylation is 1. The molecule has 2 aromatic carbocycles. The van der Waals surface area contributed by atoms with Gasteiger partial charge in [-0.15, -0.1) is 0 Å². The zero-order valence-electron chi connectivity index (χ0n) is 18.6. The van der Waals surface area contributed by atoms with E-state index in [-0.39, 0.29) is 5.91 Å². The molecule has 1 amide bonds. The molecule has 0 heterocycles. The second kappa shape index (κ2) is 9.13. The zero-order valence-corrected chi connectivity index (χ0v) is 18.6. The van der Waals surface area contributed by atoms with Gasteiger partial charge in [0.1, 0.15) is 0 Å². The van der Waals surface area contributed by atoms with E-state index in [2.05, 4.69) is 62.6 Å². The van der Waals surface area contributed by atoms with Crippen LogP contribution in [-0.2, 0) is 6.54 Å². The van der Waals surface area contributed by atoms with Crippen LogP contribution in [0.1, 0.15) is 67.9 Å². The average Bonchev–Trinajstić information content (AvgIpc) is 2.71. The predicted molar refractivity (Wildman–Crippen MR) is 122 cm³/mol. The monoisotopic (exact) mass is 392 g/mol. The van der Waals surface area contributed by atoms with Crippen LogP contribution < -0.4 is 10.6 Å². The van der Waals surface area contributed by atoms with Crippen molar-refractivity contribution in [1.82, 2.24) is 10.6 Å². The summed E-state index contributed by atoms with van der Waals surface area (Å²) in [7, 11) is 1.66. The fraction of sp³-hybridized carbons (Fsp3) is 0.500. The van der Waals surface area contributed by atoms with Crippen molar-refractivity contribution < 1.29 is 4.79 Å². The molecule has 1 aliphatic rings. The third-order valence-corrected chi connectivity index (χ3v) is 6.50. The van der Waals surface area contributed by atoms with E-state index >= 15 is 0 Å². The summed E-state index contributed by atoms with van der Waals surface area (Å²) in [5, 5.41) is 6.47. The molecule has 0 atom stereocenters. The predicted octanol–water partition coefficient (Wildman–Crippen LogP) is 5.72. The number of benzene rings is 2. The quantitative estimate of drug-likeness (QED) is 0.683. The van der Waals surface area contributed by atoms with Crippen molar-refractivity contribution in [1.29, 1.82) is 0 Å². The Morgan fingerprint density at radius 1 is 1.03 bits per heavy atom. The smallest absolute Gasteiger partial charge is 0.251 e. The van der Waals surface area contributed by atoms with Crippen LogP contribution >= 0.6 is 0 Å². The van der Waals surface area contributed by atoms with E-state index in [0.717, 1.165) is 18.0 Å². The van der Waals surface area contributed by atoms with Gasteiger partial charge >= 0.3 is 0 Å². The van der Waals surface area contributed by atoms with Gasteiger partial charge in [0, 0.05) is 25.2 Å². The number of hydrogen-bond acceptors (Lipinski definition) is 2. The van der Waals surface area contributed by atoms with Crippen molar-refractivity contribution >= 4 is 5.91 Å². The molecule has 29 heavy (non-hydrogen) atoms. The molecule has 0 radical (unpaired) electrons. The number of nitrogens with one attached hydrogen (secondary N) is 2. The topological polar surface area (TPSA) is 41.1 Å². The summed E-state index contributed by atoms with van der Waals surface area (Å²) in [6, 6.07) is 15.1. The van der Waals surface area contributed by atoms with Crippen LogP contribution in [-0.4, -0.2) is 19.0 Å². The summed E-state index contributed by atoms with van der Waals surface area (Å²) in [4.78, 5) is 11.9. The zero-order chi connectivity index (χ0) is 21.0. The number of hydrogen-bond donors (Lipinski definition) is 2. The molecule has 0 unspecified atom stereocenters. The standard InChI is InChI=1S/C26H36N2O/c1-18-15-19(17-28-23-12-10-22(11-13-23)26(2,3)4)9-14-24(18)20-7-6-8-21(16-20)25(29)27-5/h6-9,14-16,22-23,28H,10-13,17H2,1-5H3,(H,27,29). The molecule has 2 N–H and O–H groups in total. The van der Waals surface area contributed by atoms with Crippen molar-refractivity contribution in [3.63, 3.8) is 0 Å². The summed E-state index contributed by atoms with van der Waals surface area (Å²) >= 11 is 0. The Morgan fingerprint density at radius 3 is 2.38 bits per heavy atom. The number of rotatable bonds is 5. The summed E-state index contributed by atoms with van der Waals surface area (Å²) in [5.41, 5.74) is 5.98. The third kappa shape index (κ3) is 5.48. The Hall–Kier alpha value is -2.13. The van der Waals surface area contributed by atoms with Crippen molar-refractivity contribution in [2.24, 2.45) is 11.3 Å². The largest absolute Gasteiger partial charge is 0.355 e. The average molecular weight is 393 g/mol. The van der Waals surface area contributed by atoms with Gasteiger partial charge in [0.05, 0.1) is 0 Å². The van der Waals surface area contributed by atoms with Crippen LogP contribution in [0.3, 0.4) is 0 Å². The summed E-state index contributed by atoms with van der Waals surface area (Å²) < 4.78 is 0. The van der Waals surface area contributed by atoms with Gasteiger partial charge in [-0.1, -0.05) is 51.1 Å². The molecule has 1 fully saturated rings. The van der Waals surface area contributed by atoms with Gasteiger partial charge in [0.15, 0.2) is 0 Å². The Balaban J connectivity index is 1.61. The van der Waals surface area contributed by atoms with Crippen LogP contribution in [0.5, 0.6) is 0 Å². The van der Waals surface area contributed by atoms with E-state index in [1.54, 1.807) is 7.05 Å². The van der Waals surface area contributed by atoms with Crippen LogP contribution in [0.15, 0.2) is 42.5 Å². The highest BCUT2D eigenvalue weighted by molar-refractivity contribution is 5.95. The van der Waals surface area contributed by atoms with E-state index in [4.69, 9.17) is 0 Å². The molecule has 0 saturated heterocycles. The van der Waals surface area contributed by atoms with Gasteiger partial charge in [0.25, 0.3) is 5.91 Å².